The van der Waals surface area contributed by atoms with Crippen LogP contribution in [0.3, 0.4) is 0 Å². The number of carbonyl (C=O) groups excluding carboxylic acids is 2. The molecule has 0 aromatic heterocycles. The van der Waals surface area contributed by atoms with Crippen molar-refractivity contribution in [3.63, 3.8) is 0 Å². The first-order valence-corrected chi connectivity index (χ1v) is 21.5. The minimum atomic E-state index is -0.284. The number of unbranched alkanes of at least 4 members (excludes halogenated alkanes) is 2. The predicted molar refractivity (Wildman–Crippen MR) is 237 cm³/mol. The maximum absolute atomic E-state index is 13.4. The lowest BCUT2D eigenvalue weighted by Gasteiger charge is -2.33. The van der Waals surface area contributed by atoms with Gasteiger partial charge < -0.3 is 29.7 Å². The highest BCUT2D eigenvalue weighted by Gasteiger charge is 2.29. The molecule has 2 amide bonds. The number of benzene rings is 5. The molecule has 59 heavy (non-hydrogen) atoms. The standard InChI is InChI=1S/C51H61N3O5/c1-3-32-52-48(22-14-7-15-33-54(51(56)59-38-43-20-12-6-13-21-43)34-31-40-23-27-46(28-24-40)53-39(2)55)45-25-29-47-44(35-45)26-30-49(57-36-41-16-8-4-9-17-41)50(47)58-37-42-18-10-5-11-19-42/h4-6,8-13,16-21,23-24,26-28,30,45,48,52H,3,7,14-15,22,25,29,31-38H2,1-2H3,(H,53,55)/t45?,48-/m0/s1. The highest BCUT2D eigenvalue weighted by atomic mass is 16.6. The zero-order chi connectivity index (χ0) is 41.1. The number of hydrogen-bond donors (Lipinski definition) is 2. The van der Waals surface area contributed by atoms with Crippen molar-refractivity contribution in [1.82, 2.24) is 10.2 Å². The van der Waals surface area contributed by atoms with Gasteiger partial charge in [0.25, 0.3) is 0 Å². The summed E-state index contributed by atoms with van der Waals surface area (Å²) in [6, 6.07) is 43.0. The van der Waals surface area contributed by atoms with Crippen molar-refractivity contribution in [1.29, 1.82) is 0 Å². The van der Waals surface area contributed by atoms with Crippen molar-refractivity contribution in [3.05, 3.63) is 161 Å². The lowest BCUT2D eigenvalue weighted by molar-refractivity contribution is -0.114. The molecule has 0 saturated carbocycles. The molecule has 1 aliphatic carbocycles. The fourth-order valence-corrected chi connectivity index (χ4v) is 7.91. The summed E-state index contributed by atoms with van der Waals surface area (Å²) in [5, 5.41) is 6.74. The quantitative estimate of drug-likeness (QED) is 0.0678. The minimum Gasteiger partial charge on any atom is -0.485 e. The zero-order valence-corrected chi connectivity index (χ0v) is 34.9. The lowest BCUT2D eigenvalue weighted by atomic mass is 9.78. The van der Waals surface area contributed by atoms with E-state index in [-0.39, 0.29) is 18.6 Å². The Morgan fingerprint density at radius 3 is 2.00 bits per heavy atom. The van der Waals surface area contributed by atoms with Crippen LogP contribution in [0.15, 0.2) is 127 Å². The van der Waals surface area contributed by atoms with E-state index < -0.39 is 0 Å². The van der Waals surface area contributed by atoms with Gasteiger partial charge in [-0.25, -0.2) is 4.79 Å². The van der Waals surface area contributed by atoms with Gasteiger partial charge in [-0.1, -0.05) is 129 Å². The van der Waals surface area contributed by atoms with E-state index >= 15 is 0 Å². The first kappa shape index (κ1) is 43.0. The Morgan fingerprint density at radius 2 is 1.36 bits per heavy atom. The summed E-state index contributed by atoms with van der Waals surface area (Å²) in [5.41, 5.74) is 7.74. The minimum absolute atomic E-state index is 0.0974. The Morgan fingerprint density at radius 1 is 0.712 bits per heavy atom. The Bertz CT molecular complexity index is 2010. The van der Waals surface area contributed by atoms with Gasteiger partial charge in [-0.3, -0.25) is 4.79 Å². The van der Waals surface area contributed by atoms with Gasteiger partial charge in [-0.15, -0.1) is 0 Å². The first-order valence-electron chi connectivity index (χ1n) is 21.5. The van der Waals surface area contributed by atoms with Crippen LogP contribution in [0.4, 0.5) is 10.5 Å². The van der Waals surface area contributed by atoms with Gasteiger partial charge in [0.2, 0.25) is 5.91 Å². The molecule has 0 aliphatic heterocycles. The van der Waals surface area contributed by atoms with Gasteiger partial charge in [0.1, 0.15) is 19.8 Å². The fraction of sp³-hybridized carbons (Fsp3) is 0.373. The summed E-state index contributed by atoms with van der Waals surface area (Å²) >= 11 is 0. The molecule has 2 N–H and O–H groups in total. The maximum atomic E-state index is 13.4. The summed E-state index contributed by atoms with van der Waals surface area (Å²) in [7, 11) is 0. The van der Waals surface area contributed by atoms with Crippen molar-refractivity contribution in [2.45, 2.75) is 97.5 Å². The van der Waals surface area contributed by atoms with E-state index in [9.17, 15) is 9.59 Å². The van der Waals surface area contributed by atoms with Crippen molar-refractivity contribution in [2.75, 3.05) is 25.0 Å². The molecule has 310 valence electrons. The molecule has 8 nitrogen and oxygen atoms in total. The van der Waals surface area contributed by atoms with Gasteiger partial charge in [-0.2, -0.15) is 0 Å². The van der Waals surface area contributed by atoms with Crippen LogP contribution >= 0.6 is 0 Å². The van der Waals surface area contributed by atoms with E-state index in [1.54, 1.807) is 0 Å². The van der Waals surface area contributed by atoms with E-state index in [0.29, 0.717) is 44.7 Å². The molecule has 1 aliphatic rings. The van der Waals surface area contributed by atoms with E-state index in [1.165, 1.54) is 18.1 Å². The summed E-state index contributed by atoms with van der Waals surface area (Å²) in [6.07, 6.45) is 8.66. The summed E-state index contributed by atoms with van der Waals surface area (Å²) < 4.78 is 18.8. The molecule has 0 bridgehead atoms. The molecule has 0 fully saturated rings. The van der Waals surface area contributed by atoms with Crippen LogP contribution < -0.4 is 20.1 Å². The largest absolute Gasteiger partial charge is 0.485 e. The number of rotatable bonds is 22. The van der Waals surface area contributed by atoms with Crippen LogP contribution in [-0.2, 0) is 48.6 Å². The van der Waals surface area contributed by atoms with Gasteiger partial charge in [0.15, 0.2) is 11.5 Å². The van der Waals surface area contributed by atoms with Crippen LogP contribution in [0.1, 0.15) is 85.8 Å². The van der Waals surface area contributed by atoms with Crippen LogP contribution in [0, 0.1) is 5.92 Å². The highest BCUT2D eigenvalue weighted by Crippen LogP contribution is 2.41. The van der Waals surface area contributed by atoms with Gasteiger partial charge in [-0.05, 0) is 103 Å². The molecule has 1 unspecified atom stereocenters. The second kappa shape index (κ2) is 23.1. The third-order valence-corrected chi connectivity index (χ3v) is 11.1. The van der Waals surface area contributed by atoms with Crippen LogP contribution in [0.25, 0.3) is 0 Å². The fourth-order valence-electron chi connectivity index (χ4n) is 7.91. The predicted octanol–water partition coefficient (Wildman–Crippen LogP) is 10.7. The van der Waals surface area contributed by atoms with Crippen molar-refractivity contribution >= 4 is 17.7 Å². The second-order valence-corrected chi connectivity index (χ2v) is 15.6. The lowest BCUT2D eigenvalue weighted by Crippen LogP contribution is -2.39. The van der Waals surface area contributed by atoms with Crippen LogP contribution in [-0.4, -0.2) is 42.6 Å². The van der Waals surface area contributed by atoms with Gasteiger partial charge in [0.05, 0.1) is 0 Å². The summed E-state index contributed by atoms with van der Waals surface area (Å²) in [5.74, 6) is 2.11. The summed E-state index contributed by atoms with van der Waals surface area (Å²) in [4.78, 5) is 26.7. The topological polar surface area (TPSA) is 89.1 Å². The van der Waals surface area contributed by atoms with E-state index in [1.807, 2.05) is 83.8 Å². The molecule has 5 aromatic rings. The molecule has 0 radical (unpaired) electrons. The summed E-state index contributed by atoms with van der Waals surface area (Å²) in [6.45, 7) is 7.18. The number of nitrogens with zero attached hydrogens (tertiary/aromatic N) is 1. The third kappa shape index (κ3) is 13.7. The number of amides is 2. The molecule has 0 saturated heterocycles. The highest BCUT2D eigenvalue weighted by molar-refractivity contribution is 5.88. The van der Waals surface area contributed by atoms with Gasteiger partial charge in [0, 0.05) is 37.3 Å². The number of anilines is 1. The van der Waals surface area contributed by atoms with Crippen molar-refractivity contribution in [2.24, 2.45) is 5.92 Å². The smallest absolute Gasteiger partial charge is 0.410 e. The number of fused-ring (bicyclic) bond motifs is 1. The van der Waals surface area contributed by atoms with Gasteiger partial charge >= 0.3 is 6.09 Å². The number of nitrogens with one attached hydrogen (secondary N) is 2. The first-order chi connectivity index (χ1) is 28.9. The number of hydrogen-bond acceptors (Lipinski definition) is 6. The molecular formula is C51H61N3O5. The zero-order valence-electron chi connectivity index (χ0n) is 34.9. The average molecular weight is 796 g/mol. The van der Waals surface area contributed by atoms with Crippen LogP contribution in [0.2, 0.25) is 0 Å². The van der Waals surface area contributed by atoms with E-state index in [4.69, 9.17) is 14.2 Å². The van der Waals surface area contributed by atoms with E-state index in [2.05, 4.69) is 66.1 Å². The molecule has 2 atom stereocenters. The number of ether oxygens (including phenoxy) is 3. The molecule has 6 rings (SSSR count). The van der Waals surface area contributed by atoms with Crippen LogP contribution in [0.5, 0.6) is 11.5 Å². The second-order valence-electron chi connectivity index (χ2n) is 15.6. The third-order valence-electron chi connectivity index (χ3n) is 11.1. The average Bonchev–Trinajstić information content (AvgIpc) is 3.27. The molecule has 8 heteroatoms. The molecule has 0 heterocycles. The molecule has 5 aromatic carbocycles. The van der Waals surface area contributed by atoms with Crippen molar-refractivity contribution in [3.8, 4) is 11.5 Å². The van der Waals surface area contributed by atoms with E-state index in [0.717, 1.165) is 97.4 Å². The molecular weight excluding hydrogens is 735 g/mol. The number of carbonyl (C=O) groups is 2. The maximum Gasteiger partial charge on any atom is 0.410 e. The Balaban J connectivity index is 1.06. The Hall–Kier alpha value is -5.60. The SMILES string of the molecule is CCCN[C@@H](CCCCCN(CCc1ccc(NC(C)=O)cc1)C(=O)OCc1ccccc1)C1CCc2c(ccc(OCc3ccccc3)c2OCc2ccccc2)C1. The normalized spacial score (nSPS) is 13.8. The van der Waals surface area contributed by atoms with Crippen molar-refractivity contribution < 1.29 is 23.8 Å². The Labute approximate surface area is 351 Å². The monoisotopic (exact) mass is 795 g/mol. The Kier molecular flexibility index (Phi) is 16.8. The molecule has 0 spiro atoms.